The highest BCUT2D eigenvalue weighted by molar-refractivity contribution is 9.09. The average Bonchev–Trinajstić information content (AvgIpc) is 2.40. The summed E-state index contributed by atoms with van der Waals surface area (Å²) in [4.78, 5) is 0.656. The fourth-order valence-corrected chi connectivity index (χ4v) is 3.37. The Morgan fingerprint density at radius 3 is 2.83 bits per heavy atom. The highest BCUT2D eigenvalue weighted by Gasteiger charge is 2.23. The van der Waals surface area contributed by atoms with Crippen molar-refractivity contribution in [2.24, 2.45) is 0 Å². The normalized spacial score (nSPS) is 23.9. The number of halogens is 1. The van der Waals surface area contributed by atoms with Crippen LogP contribution in [0, 0.1) is 0 Å². The first-order valence-corrected chi connectivity index (χ1v) is 7.57. The fraction of sp³-hybridized carbons (Fsp3) is 0.600. The Hall–Kier alpha value is -0.540. The molecule has 100 valence electrons. The van der Waals surface area contributed by atoms with Crippen molar-refractivity contribution in [3.63, 3.8) is 0 Å². The molecule has 0 radical (unpaired) electrons. The molecule has 1 aromatic rings. The van der Waals surface area contributed by atoms with E-state index in [1.807, 2.05) is 6.07 Å². The van der Waals surface area contributed by atoms with Crippen molar-refractivity contribution in [1.29, 1.82) is 0 Å². The maximum Gasteiger partial charge on any atom is 0.122 e. The zero-order valence-electron chi connectivity index (χ0n) is 10.9. The molecule has 0 aliphatic heterocycles. The van der Waals surface area contributed by atoms with Crippen LogP contribution in [-0.4, -0.2) is 25.2 Å². The van der Waals surface area contributed by atoms with E-state index in [1.54, 1.807) is 7.11 Å². The first-order chi connectivity index (χ1) is 8.81. The first kappa shape index (κ1) is 13.9. The van der Waals surface area contributed by atoms with E-state index < -0.39 is 0 Å². The molecule has 0 aromatic heterocycles. The quantitative estimate of drug-likeness (QED) is 0.601. The molecule has 2 nitrogen and oxygen atoms in total. The standard InChI is InChI=1S/C15H21BrO2/c1-17-9-10-18-15-8-3-2-7-14(15)12-5-4-6-13(16)11-12/h2-3,7-8,12-13H,4-6,9-11H2,1H3. The number of hydrogen-bond acceptors (Lipinski definition) is 2. The van der Waals surface area contributed by atoms with Crippen LogP contribution in [0.1, 0.15) is 37.2 Å². The second-order valence-corrected chi connectivity index (χ2v) is 6.13. The Balaban J connectivity index is 2.06. The van der Waals surface area contributed by atoms with Crippen molar-refractivity contribution in [3.05, 3.63) is 29.8 Å². The van der Waals surface area contributed by atoms with Crippen molar-refractivity contribution >= 4 is 15.9 Å². The maximum absolute atomic E-state index is 5.83. The molecule has 2 rings (SSSR count). The molecule has 3 heteroatoms. The highest BCUT2D eigenvalue weighted by atomic mass is 79.9. The van der Waals surface area contributed by atoms with Crippen LogP contribution in [0.2, 0.25) is 0 Å². The second-order valence-electron chi connectivity index (χ2n) is 4.84. The number of hydrogen-bond donors (Lipinski definition) is 0. The third kappa shape index (κ3) is 3.72. The van der Waals surface area contributed by atoms with Gasteiger partial charge in [0.2, 0.25) is 0 Å². The number of alkyl halides is 1. The molecule has 1 aliphatic carbocycles. The van der Waals surface area contributed by atoms with Gasteiger partial charge in [0.25, 0.3) is 0 Å². The van der Waals surface area contributed by atoms with E-state index in [4.69, 9.17) is 9.47 Å². The van der Waals surface area contributed by atoms with Crippen LogP contribution in [-0.2, 0) is 4.74 Å². The highest BCUT2D eigenvalue weighted by Crippen LogP contribution is 2.39. The monoisotopic (exact) mass is 312 g/mol. The Labute approximate surface area is 118 Å². The Morgan fingerprint density at radius 2 is 2.06 bits per heavy atom. The third-order valence-electron chi connectivity index (χ3n) is 3.51. The molecule has 0 heterocycles. The van der Waals surface area contributed by atoms with E-state index in [0.29, 0.717) is 24.0 Å². The molecule has 0 amide bonds. The van der Waals surface area contributed by atoms with Crippen LogP contribution in [0.15, 0.2) is 24.3 Å². The van der Waals surface area contributed by atoms with Gasteiger partial charge < -0.3 is 9.47 Å². The minimum Gasteiger partial charge on any atom is -0.491 e. The summed E-state index contributed by atoms with van der Waals surface area (Å²) in [7, 11) is 1.70. The Bertz CT molecular complexity index is 367. The van der Waals surface area contributed by atoms with Crippen LogP contribution in [0.25, 0.3) is 0 Å². The zero-order chi connectivity index (χ0) is 12.8. The number of ether oxygens (including phenoxy) is 2. The van der Waals surface area contributed by atoms with E-state index in [1.165, 1.54) is 31.2 Å². The molecular weight excluding hydrogens is 292 g/mol. The van der Waals surface area contributed by atoms with Gasteiger partial charge in [0.05, 0.1) is 6.61 Å². The predicted molar refractivity (Wildman–Crippen MR) is 77.7 cm³/mol. The van der Waals surface area contributed by atoms with E-state index >= 15 is 0 Å². The minimum atomic E-state index is 0.623. The van der Waals surface area contributed by atoms with Gasteiger partial charge in [0.15, 0.2) is 0 Å². The summed E-state index contributed by atoms with van der Waals surface area (Å²) in [5.41, 5.74) is 1.36. The molecule has 0 spiro atoms. The number of benzene rings is 1. The van der Waals surface area contributed by atoms with E-state index in [-0.39, 0.29) is 0 Å². The summed E-state index contributed by atoms with van der Waals surface area (Å²) in [6.07, 6.45) is 5.08. The molecule has 18 heavy (non-hydrogen) atoms. The molecule has 0 bridgehead atoms. The smallest absolute Gasteiger partial charge is 0.122 e. The summed E-state index contributed by atoms with van der Waals surface area (Å²) in [5, 5.41) is 0. The van der Waals surface area contributed by atoms with E-state index in [2.05, 4.69) is 34.1 Å². The van der Waals surface area contributed by atoms with Gasteiger partial charge in [-0.3, -0.25) is 0 Å². The van der Waals surface area contributed by atoms with Gasteiger partial charge in [-0.1, -0.05) is 40.5 Å². The van der Waals surface area contributed by atoms with Crippen molar-refractivity contribution in [2.75, 3.05) is 20.3 Å². The van der Waals surface area contributed by atoms with Gasteiger partial charge in [-0.2, -0.15) is 0 Å². The molecule has 1 aliphatic rings. The lowest BCUT2D eigenvalue weighted by atomic mass is 9.83. The van der Waals surface area contributed by atoms with Crippen LogP contribution in [0.5, 0.6) is 5.75 Å². The third-order valence-corrected chi connectivity index (χ3v) is 4.35. The van der Waals surface area contributed by atoms with Gasteiger partial charge >= 0.3 is 0 Å². The molecule has 1 aromatic carbocycles. The van der Waals surface area contributed by atoms with E-state index in [0.717, 1.165) is 5.75 Å². The van der Waals surface area contributed by atoms with Gasteiger partial charge in [0, 0.05) is 11.9 Å². The minimum absolute atomic E-state index is 0.623. The van der Waals surface area contributed by atoms with Gasteiger partial charge in [-0.25, -0.2) is 0 Å². The van der Waals surface area contributed by atoms with Crippen LogP contribution in [0.4, 0.5) is 0 Å². The lowest BCUT2D eigenvalue weighted by Gasteiger charge is -2.27. The van der Waals surface area contributed by atoms with Gasteiger partial charge in [-0.05, 0) is 36.8 Å². The number of methoxy groups -OCH3 is 1. The van der Waals surface area contributed by atoms with Crippen LogP contribution < -0.4 is 4.74 Å². The number of para-hydroxylation sites is 1. The molecule has 1 fully saturated rings. The molecule has 2 atom stereocenters. The summed E-state index contributed by atoms with van der Waals surface area (Å²) in [6, 6.07) is 8.43. The second kappa shape index (κ2) is 7.15. The molecule has 1 saturated carbocycles. The predicted octanol–water partition coefficient (Wildman–Crippen LogP) is 4.13. The zero-order valence-corrected chi connectivity index (χ0v) is 12.5. The number of rotatable bonds is 5. The lowest BCUT2D eigenvalue weighted by molar-refractivity contribution is 0.145. The van der Waals surface area contributed by atoms with Crippen molar-refractivity contribution in [2.45, 2.75) is 36.4 Å². The topological polar surface area (TPSA) is 18.5 Å². The summed E-state index contributed by atoms with van der Waals surface area (Å²) in [6.45, 7) is 1.26. The summed E-state index contributed by atoms with van der Waals surface area (Å²) in [5.74, 6) is 1.66. The van der Waals surface area contributed by atoms with Crippen molar-refractivity contribution in [1.82, 2.24) is 0 Å². The maximum atomic E-state index is 5.83. The van der Waals surface area contributed by atoms with Gasteiger partial charge in [0.1, 0.15) is 12.4 Å². The SMILES string of the molecule is COCCOc1ccccc1C1CCCC(Br)C1. The molecule has 2 unspecified atom stereocenters. The van der Waals surface area contributed by atoms with Crippen molar-refractivity contribution < 1.29 is 9.47 Å². The summed E-state index contributed by atoms with van der Waals surface area (Å²) >= 11 is 3.75. The van der Waals surface area contributed by atoms with Crippen LogP contribution in [0.3, 0.4) is 0 Å². The Kier molecular flexibility index (Phi) is 5.51. The first-order valence-electron chi connectivity index (χ1n) is 6.66. The van der Waals surface area contributed by atoms with Crippen LogP contribution >= 0.6 is 15.9 Å². The lowest BCUT2D eigenvalue weighted by Crippen LogP contribution is -2.15. The Morgan fingerprint density at radius 1 is 1.22 bits per heavy atom. The fourth-order valence-electron chi connectivity index (χ4n) is 2.60. The van der Waals surface area contributed by atoms with E-state index in [9.17, 15) is 0 Å². The molecule has 0 N–H and O–H groups in total. The van der Waals surface area contributed by atoms with Crippen molar-refractivity contribution in [3.8, 4) is 5.75 Å². The van der Waals surface area contributed by atoms with Gasteiger partial charge in [-0.15, -0.1) is 0 Å². The summed E-state index contributed by atoms with van der Waals surface area (Å²) < 4.78 is 10.9. The largest absolute Gasteiger partial charge is 0.491 e. The molecule has 0 saturated heterocycles. The average molecular weight is 313 g/mol. The molecular formula is C15H21BrO2.